The van der Waals surface area contributed by atoms with Crippen molar-refractivity contribution < 1.29 is 4.74 Å². The second-order valence-electron chi connectivity index (χ2n) is 5.14. The average Bonchev–Trinajstić information content (AvgIpc) is 2.47. The van der Waals surface area contributed by atoms with Gasteiger partial charge in [-0.1, -0.05) is 30.3 Å². The Balaban J connectivity index is 2.90. The highest BCUT2D eigenvalue weighted by atomic mass is 35.5. The van der Waals surface area contributed by atoms with E-state index in [0.717, 1.165) is 18.6 Å². The summed E-state index contributed by atoms with van der Waals surface area (Å²) in [6.07, 6.45) is 1.90. The SMILES string of the molecule is CCCSc1nc(Cl)c(N)c(N(N)[C@@H](C)C[C@@H](C)OCC)n1. The van der Waals surface area contributed by atoms with Crippen molar-refractivity contribution in [2.75, 3.05) is 23.1 Å². The number of hydrazine groups is 1. The first kappa shape index (κ1) is 19.3. The first-order valence-electron chi connectivity index (χ1n) is 7.51. The molecule has 126 valence electrons. The largest absolute Gasteiger partial charge is 0.393 e. The topological polar surface area (TPSA) is 90.3 Å². The minimum absolute atomic E-state index is 0.0128. The lowest BCUT2D eigenvalue weighted by atomic mass is 10.1. The van der Waals surface area contributed by atoms with E-state index in [1.54, 1.807) is 5.01 Å². The summed E-state index contributed by atoms with van der Waals surface area (Å²) >= 11 is 7.65. The standard InChI is InChI=1S/C14H26ClN5OS/c1-5-7-22-14-18-12(15)11(16)13(19-14)20(17)9(3)8-10(4)21-6-2/h9-10H,5-8,16-17H2,1-4H3/t9-,10+/m0/s1. The lowest BCUT2D eigenvalue weighted by Crippen LogP contribution is -2.42. The van der Waals surface area contributed by atoms with Crippen molar-refractivity contribution in [3.05, 3.63) is 5.15 Å². The molecule has 0 saturated heterocycles. The molecule has 0 amide bonds. The lowest BCUT2D eigenvalue weighted by molar-refractivity contribution is 0.0659. The van der Waals surface area contributed by atoms with Crippen molar-refractivity contribution in [3.63, 3.8) is 0 Å². The van der Waals surface area contributed by atoms with E-state index in [1.165, 1.54) is 11.8 Å². The zero-order valence-corrected chi connectivity index (χ0v) is 15.2. The van der Waals surface area contributed by atoms with Crippen LogP contribution >= 0.6 is 23.4 Å². The van der Waals surface area contributed by atoms with Crippen LogP contribution in [-0.2, 0) is 4.74 Å². The molecule has 1 aromatic rings. The Morgan fingerprint density at radius 3 is 2.59 bits per heavy atom. The number of thioether (sulfide) groups is 1. The number of aromatic nitrogens is 2. The van der Waals surface area contributed by atoms with Gasteiger partial charge in [-0.3, -0.25) is 5.01 Å². The maximum atomic E-state index is 6.19. The van der Waals surface area contributed by atoms with E-state index in [2.05, 4.69) is 16.9 Å². The van der Waals surface area contributed by atoms with Gasteiger partial charge in [-0.05, 0) is 33.6 Å². The first-order valence-corrected chi connectivity index (χ1v) is 8.88. The van der Waals surface area contributed by atoms with E-state index in [-0.39, 0.29) is 17.3 Å². The molecule has 0 unspecified atom stereocenters. The van der Waals surface area contributed by atoms with Gasteiger partial charge in [0, 0.05) is 18.4 Å². The summed E-state index contributed by atoms with van der Waals surface area (Å²) in [5.41, 5.74) is 6.30. The fourth-order valence-electron chi connectivity index (χ4n) is 2.02. The smallest absolute Gasteiger partial charge is 0.191 e. The van der Waals surface area contributed by atoms with Crippen LogP contribution in [0.15, 0.2) is 5.16 Å². The van der Waals surface area contributed by atoms with Crippen LogP contribution < -0.4 is 16.6 Å². The van der Waals surface area contributed by atoms with Crippen LogP contribution in [0.3, 0.4) is 0 Å². The molecule has 8 heteroatoms. The van der Waals surface area contributed by atoms with E-state index >= 15 is 0 Å². The van der Waals surface area contributed by atoms with E-state index in [9.17, 15) is 0 Å². The van der Waals surface area contributed by atoms with Gasteiger partial charge in [0.05, 0.1) is 6.10 Å². The summed E-state index contributed by atoms with van der Waals surface area (Å²) in [4.78, 5) is 8.64. The Hall–Kier alpha value is -0.760. The molecule has 4 N–H and O–H groups in total. The van der Waals surface area contributed by atoms with Crippen molar-refractivity contribution in [2.24, 2.45) is 5.84 Å². The quantitative estimate of drug-likeness (QED) is 0.233. The van der Waals surface area contributed by atoms with Crippen molar-refractivity contribution in [1.29, 1.82) is 0 Å². The molecule has 0 aliphatic heterocycles. The summed E-state index contributed by atoms with van der Waals surface area (Å²) in [5, 5.41) is 2.38. The molecule has 0 bridgehead atoms. The fourth-order valence-corrected chi connectivity index (χ4v) is 2.93. The van der Waals surface area contributed by atoms with Crippen LogP contribution in [0, 0.1) is 0 Å². The number of hydrogen-bond donors (Lipinski definition) is 2. The molecule has 0 saturated carbocycles. The predicted octanol–water partition coefficient (Wildman–Crippen LogP) is 3.10. The van der Waals surface area contributed by atoms with E-state index in [0.29, 0.717) is 23.3 Å². The molecule has 0 fully saturated rings. The molecule has 1 heterocycles. The van der Waals surface area contributed by atoms with Crippen LogP contribution in [0.5, 0.6) is 0 Å². The van der Waals surface area contributed by atoms with E-state index in [1.807, 2.05) is 20.8 Å². The second-order valence-corrected chi connectivity index (χ2v) is 6.56. The maximum absolute atomic E-state index is 6.19. The molecule has 1 rings (SSSR count). The van der Waals surface area contributed by atoms with Gasteiger partial charge in [-0.15, -0.1) is 0 Å². The van der Waals surface area contributed by atoms with Gasteiger partial charge in [-0.2, -0.15) is 0 Å². The third-order valence-corrected chi connectivity index (χ3v) is 4.48. The highest BCUT2D eigenvalue weighted by Crippen LogP contribution is 2.30. The molecule has 0 aromatic carbocycles. The van der Waals surface area contributed by atoms with Gasteiger partial charge in [-0.25, -0.2) is 15.8 Å². The molecular weight excluding hydrogens is 322 g/mol. The van der Waals surface area contributed by atoms with Crippen molar-refractivity contribution in [3.8, 4) is 0 Å². The first-order chi connectivity index (χ1) is 10.4. The normalized spacial score (nSPS) is 13.9. The number of nitrogens with zero attached hydrogens (tertiary/aromatic N) is 3. The van der Waals surface area contributed by atoms with Gasteiger partial charge >= 0.3 is 0 Å². The van der Waals surface area contributed by atoms with Crippen molar-refractivity contribution >= 4 is 34.9 Å². The Labute approximate surface area is 141 Å². The summed E-state index contributed by atoms with van der Waals surface area (Å²) in [6, 6.07) is 0.0128. The molecule has 0 radical (unpaired) electrons. The van der Waals surface area contributed by atoms with Gasteiger partial charge < -0.3 is 10.5 Å². The molecule has 22 heavy (non-hydrogen) atoms. The van der Waals surface area contributed by atoms with Crippen LogP contribution in [0.4, 0.5) is 11.5 Å². The monoisotopic (exact) mass is 347 g/mol. The highest BCUT2D eigenvalue weighted by molar-refractivity contribution is 7.99. The zero-order chi connectivity index (χ0) is 16.7. The molecular formula is C14H26ClN5OS. The Morgan fingerprint density at radius 2 is 2.00 bits per heavy atom. The van der Waals surface area contributed by atoms with Gasteiger partial charge in [0.1, 0.15) is 5.69 Å². The molecule has 0 aliphatic rings. The fraction of sp³-hybridized carbons (Fsp3) is 0.714. The number of halogens is 1. The molecule has 0 aliphatic carbocycles. The van der Waals surface area contributed by atoms with Crippen LogP contribution in [-0.4, -0.2) is 34.5 Å². The number of nitrogen functional groups attached to an aromatic ring is 1. The summed E-state index contributed by atoms with van der Waals surface area (Å²) < 4.78 is 5.55. The van der Waals surface area contributed by atoms with Crippen molar-refractivity contribution in [2.45, 2.75) is 57.8 Å². The zero-order valence-electron chi connectivity index (χ0n) is 13.7. The Morgan fingerprint density at radius 1 is 1.32 bits per heavy atom. The van der Waals surface area contributed by atoms with Gasteiger partial charge in [0.15, 0.2) is 16.1 Å². The molecule has 0 spiro atoms. The number of nitrogens with two attached hydrogens (primary N) is 2. The second kappa shape index (κ2) is 9.39. The summed E-state index contributed by atoms with van der Waals surface area (Å²) in [5.74, 6) is 7.58. The van der Waals surface area contributed by atoms with Crippen LogP contribution in [0.1, 0.15) is 40.5 Å². The maximum Gasteiger partial charge on any atom is 0.191 e. The predicted molar refractivity (Wildman–Crippen MR) is 94.3 cm³/mol. The van der Waals surface area contributed by atoms with Crippen LogP contribution in [0.2, 0.25) is 5.15 Å². The minimum atomic E-state index is 0.0128. The lowest BCUT2D eigenvalue weighted by Gasteiger charge is -2.28. The number of ether oxygens (including phenoxy) is 1. The Kier molecular flexibility index (Phi) is 8.24. The summed E-state index contributed by atoms with van der Waals surface area (Å²) in [7, 11) is 0. The van der Waals surface area contributed by atoms with Gasteiger partial charge in [0.25, 0.3) is 0 Å². The average molecular weight is 348 g/mol. The third-order valence-electron chi connectivity index (χ3n) is 3.14. The molecule has 6 nitrogen and oxygen atoms in total. The molecule has 1 aromatic heterocycles. The van der Waals surface area contributed by atoms with Gasteiger partial charge in [0.2, 0.25) is 0 Å². The molecule has 2 atom stereocenters. The van der Waals surface area contributed by atoms with Crippen LogP contribution in [0.25, 0.3) is 0 Å². The van der Waals surface area contributed by atoms with E-state index in [4.69, 9.17) is 27.9 Å². The number of anilines is 2. The third kappa shape index (κ3) is 5.46. The Bertz CT molecular complexity index is 477. The highest BCUT2D eigenvalue weighted by Gasteiger charge is 2.20. The van der Waals surface area contributed by atoms with Crippen molar-refractivity contribution in [1.82, 2.24) is 9.97 Å². The number of rotatable bonds is 9. The summed E-state index contributed by atoms with van der Waals surface area (Å²) in [6.45, 7) is 8.77. The minimum Gasteiger partial charge on any atom is -0.393 e. The van der Waals surface area contributed by atoms with E-state index < -0.39 is 0 Å². The number of hydrogen-bond acceptors (Lipinski definition) is 7.